The zero-order chi connectivity index (χ0) is 17.6. The van der Waals surface area contributed by atoms with E-state index in [1.165, 1.54) is 6.08 Å². The second-order valence-corrected chi connectivity index (χ2v) is 6.10. The fraction of sp³-hybridized carbons (Fsp3) is 0.389. The van der Waals surface area contributed by atoms with Crippen LogP contribution in [0.5, 0.6) is 0 Å². The molecule has 0 unspecified atom stereocenters. The second kappa shape index (κ2) is 7.83. The van der Waals surface area contributed by atoms with Crippen LogP contribution in [0.2, 0.25) is 0 Å². The van der Waals surface area contributed by atoms with E-state index in [1.807, 2.05) is 24.3 Å². The molecule has 1 saturated heterocycles. The topological polar surface area (TPSA) is 87.5 Å². The molecule has 2 aromatic rings. The van der Waals surface area contributed by atoms with Gasteiger partial charge in [0.2, 0.25) is 0 Å². The van der Waals surface area contributed by atoms with Gasteiger partial charge in [-0.25, -0.2) is 0 Å². The third-order valence-electron chi connectivity index (χ3n) is 4.33. The smallest absolute Gasteiger partial charge is 0.309 e. The third kappa shape index (κ3) is 4.17. The van der Waals surface area contributed by atoms with Gasteiger partial charge in [0.1, 0.15) is 5.52 Å². The van der Waals surface area contributed by atoms with Crippen LogP contribution in [0, 0.1) is 5.92 Å². The molecule has 7 nitrogen and oxygen atoms in total. The Kier molecular flexibility index (Phi) is 5.33. The normalized spacial score (nSPS) is 15.1. The van der Waals surface area contributed by atoms with Crippen LogP contribution in [0.1, 0.15) is 12.8 Å². The lowest BCUT2D eigenvalue weighted by Crippen LogP contribution is -2.44. The molecule has 0 spiro atoms. The van der Waals surface area contributed by atoms with E-state index in [2.05, 4.69) is 27.1 Å². The van der Waals surface area contributed by atoms with Crippen molar-refractivity contribution in [1.82, 2.24) is 15.6 Å². The van der Waals surface area contributed by atoms with Crippen molar-refractivity contribution in [2.24, 2.45) is 5.92 Å². The van der Waals surface area contributed by atoms with Gasteiger partial charge in [-0.2, -0.15) is 4.98 Å². The van der Waals surface area contributed by atoms with E-state index in [0.29, 0.717) is 18.5 Å². The minimum atomic E-state index is -0.621. The Balaban J connectivity index is 1.46. The first kappa shape index (κ1) is 17.0. The minimum Gasteiger partial charge on any atom is -0.423 e. The number of hydrogen-bond donors (Lipinski definition) is 2. The predicted molar refractivity (Wildman–Crippen MR) is 95.2 cm³/mol. The van der Waals surface area contributed by atoms with Crippen molar-refractivity contribution in [1.29, 1.82) is 0 Å². The number of amides is 2. The first-order valence-electron chi connectivity index (χ1n) is 8.45. The molecule has 1 aliphatic heterocycles. The van der Waals surface area contributed by atoms with Gasteiger partial charge in [0.05, 0.1) is 0 Å². The van der Waals surface area contributed by atoms with Crippen LogP contribution in [-0.4, -0.2) is 43.0 Å². The van der Waals surface area contributed by atoms with Gasteiger partial charge in [-0.05, 0) is 30.9 Å². The number of aromatic nitrogens is 1. The summed E-state index contributed by atoms with van der Waals surface area (Å²) in [5.74, 6) is -0.871. The molecule has 0 saturated carbocycles. The van der Waals surface area contributed by atoms with Crippen LogP contribution in [0.25, 0.3) is 11.1 Å². The summed E-state index contributed by atoms with van der Waals surface area (Å²) in [6.07, 6.45) is 3.35. The number of anilines is 1. The Hall–Kier alpha value is -2.83. The lowest BCUT2D eigenvalue weighted by atomic mass is 9.97. The van der Waals surface area contributed by atoms with Gasteiger partial charge in [0, 0.05) is 26.2 Å². The lowest BCUT2D eigenvalue weighted by Gasteiger charge is -2.30. The van der Waals surface area contributed by atoms with Gasteiger partial charge in [-0.1, -0.05) is 18.2 Å². The van der Waals surface area contributed by atoms with Crippen molar-refractivity contribution in [2.45, 2.75) is 12.8 Å². The van der Waals surface area contributed by atoms with Gasteiger partial charge < -0.3 is 20.0 Å². The van der Waals surface area contributed by atoms with Crippen LogP contribution < -0.4 is 15.5 Å². The highest BCUT2D eigenvalue weighted by atomic mass is 16.4. The molecule has 7 heteroatoms. The van der Waals surface area contributed by atoms with Crippen LogP contribution in [0.4, 0.5) is 6.01 Å². The first-order chi connectivity index (χ1) is 12.2. The molecule has 132 valence electrons. The van der Waals surface area contributed by atoms with Gasteiger partial charge in [0.15, 0.2) is 5.58 Å². The molecule has 1 aliphatic rings. The second-order valence-electron chi connectivity index (χ2n) is 6.10. The number of para-hydroxylation sites is 2. The van der Waals surface area contributed by atoms with Crippen LogP contribution in [0.15, 0.2) is 41.3 Å². The Bertz CT molecular complexity index is 730. The van der Waals surface area contributed by atoms with Crippen molar-refractivity contribution in [3.63, 3.8) is 0 Å². The molecule has 0 bridgehead atoms. The van der Waals surface area contributed by atoms with E-state index >= 15 is 0 Å². The summed E-state index contributed by atoms with van der Waals surface area (Å²) in [4.78, 5) is 29.8. The van der Waals surface area contributed by atoms with Crippen LogP contribution in [-0.2, 0) is 9.59 Å². The largest absolute Gasteiger partial charge is 0.423 e. The first-order valence-corrected chi connectivity index (χ1v) is 8.45. The summed E-state index contributed by atoms with van der Waals surface area (Å²) in [5, 5.41) is 5.16. The summed E-state index contributed by atoms with van der Waals surface area (Å²) in [7, 11) is 0. The summed E-state index contributed by atoms with van der Waals surface area (Å²) < 4.78 is 5.79. The van der Waals surface area contributed by atoms with Gasteiger partial charge in [-0.3, -0.25) is 9.59 Å². The zero-order valence-corrected chi connectivity index (χ0v) is 14.0. The molecule has 0 atom stereocenters. The number of fused-ring (bicyclic) bond motifs is 1. The van der Waals surface area contributed by atoms with E-state index in [9.17, 15) is 9.59 Å². The van der Waals surface area contributed by atoms with Gasteiger partial charge >= 0.3 is 11.8 Å². The maximum Gasteiger partial charge on any atom is 0.309 e. The number of nitrogens with one attached hydrogen (secondary N) is 2. The van der Waals surface area contributed by atoms with E-state index in [0.717, 1.165) is 37.0 Å². The van der Waals surface area contributed by atoms with Crippen molar-refractivity contribution in [3.05, 3.63) is 36.9 Å². The molecule has 25 heavy (non-hydrogen) atoms. The molecular formula is C18H22N4O3. The number of oxazole rings is 1. The number of carbonyl (C=O) groups is 2. The SMILES string of the molecule is C=CCNC(=O)C(=O)NCC1CCN(c2nc3ccccc3o2)CC1. The van der Waals surface area contributed by atoms with Gasteiger partial charge in [0.25, 0.3) is 6.01 Å². The average molecular weight is 342 g/mol. The monoisotopic (exact) mass is 342 g/mol. The lowest BCUT2D eigenvalue weighted by molar-refractivity contribution is -0.139. The van der Waals surface area contributed by atoms with E-state index < -0.39 is 11.8 Å². The number of benzene rings is 1. The van der Waals surface area contributed by atoms with E-state index in [-0.39, 0.29) is 6.54 Å². The minimum absolute atomic E-state index is 0.287. The van der Waals surface area contributed by atoms with Crippen molar-refractivity contribution >= 4 is 28.9 Å². The number of hydrogen-bond acceptors (Lipinski definition) is 5. The highest BCUT2D eigenvalue weighted by Crippen LogP contribution is 2.25. The summed E-state index contributed by atoms with van der Waals surface area (Å²) in [6, 6.07) is 8.35. The fourth-order valence-corrected chi connectivity index (χ4v) is 2.89. The highest BCUT2D eigenvalue weighted by molar-refractivity contribution is 6.35. The predicted octanol–water partition coefficient (Wildman–Crippen LogP) is 1.46. The maximum absolute atomic E-state index is 11.7. The Labute approximate surface area is 146 Å². The molecule has 0 aliphatic carbocycles. The van der Waals surface area contributed by atoms with Crippen LogP contribution >= 0.6 is 0 Å². The molecule has 1 aromatic carbocycles. The molecular weight excluding hydrogens is 320 g/mol. The van der Waals surface area contributed by atoms with E-state index in [4.69, 9.17) is 4.42 Å². The highest BCUT2D eigenvalue weighted by Gasteiger charge is 2.23. The molecule has 2 N–H and O–H groups in total. The summed E-state index contributed by atoms with van der Waals surface area (Å²) in [6.45, 7) is 5.91. The average Bonchev–Trinajstić information content (AvgIpc) is 3.08. The Morgan fingerprint density at radius 1 is 1.24 bits per heavy atom. The number of nitrogens with zero attached hydrogens (tertiary/aromatic N) is 2. The summed E-state index contributed by atoms with van der Waals surface area (Å²) >= 11 is 0. The number of carbonyl (C=O) groups excluding carboxylic acids is 2. The van der Waals surface area contributed by atoms with Gasteiger partial charge in [-0.15, -0.1) is 6.58 Å². The van der Waals surface area contributed by atoms with Crippen molar-refractivity contribution in [3.8, 4) is 0 Å². The molecule has 2 amide bonds. The van der Waals surface area contributed by atoms with Crippen molar-refractivity contribution in [2.75, 3.05) is 31.1 Å². The Morgan fingerprint density at radius 3 is 2.68 bits per heavy atom. The summed E-state index contributed by atoms with van der Waals surface area (Å²) in [5.41, 5.74) is 1.65. The molecule has 1 aromatic heterocycles. The molecule has 0 radical (unpaired) electrons. The number of piperidine rings is 1. The number of rotatable bonds is 5. The van der Waals surface area contributed by atoms with Crippen LogP contribution in [0.3, 0.4) is 0 Å². The third-order valence-corrected chi connectivity index (χ3v) is 4.33. The fourth-order valence-electron chi connectivity index (χ4n) is 2.89. The van der Waals surface area contributed by atoms with Crippen molar-refractivity contribution < 1.29 is 14.0 Å². The molecule has 2 heterocycles. The quantitative estimate of drug-likeness (QED) is 0.634. The Morgan fingerprint density at radius 2 is 1.96 bits per heavy atom. The van der Waals surface area contributed by atoms with E-state index in [1.54, 1.807) is 0 Å². The maximum atomic E-state index is 11.7. The molecule has 3 rings (SSSR count). The zero-order valence-electron chi connectivity index (χ0n) is 14.0. The molecule has 1 fully saturated rings. The standard InChI is InChI=1S/C18H22N4O3/c1-2-9-19-16(23)17(24)20-12-13-7-10-22(11-8-13)18-21-14-5-3-4-6-15(14)25-18/h2-6,13H,1,7-12H2,(H,19,23)(H,20,24).